The molecule has 1 aliphatic heterocycles. The number of nitrogens with one attached hydrogen (secondary N) is 3. The summed E-state index contributed by atoms with van der Waals surface area (Å²) in [6, 6.07) is 16.9. The van der Waals surface area contributed by atoms with Crippen molar-refractivity contribution < 1.29 is 14.3 Å². The number of rotatable bonds is 9. The van der Waals surface area contributed by atoms with Gasteiger partial charge in [0.15, 0.2) is 0 Å². The molecular formula is C25H29N7O3. The minimum Gasteiger partial charge on any atom is -0.383 e. The molecule has 0 saturated carbocycles. The summed E-state index contributed by atoms with van der Waals surface area (Å²) in [5.41, 5.74) is 8.05. The standard InChI is InChI=1S/C25H29N7O3/c1-35-16-20-11-6-12-32(20)25(34)30-19-10-5-9-18(13-19)29-24-28-15-21(22(26)33)23(31-24)27-14-17-7-3-2-4-8-17/h2-5,7-10,13,15,20H,6,11-12,14,16H2,1H3,(H2,26,33)(H,30,34)(H2,27,28,29,31)/t20-/m0/s1. The molecule has 5 N–H and O–H groups in total. The van der Waals surface area contributed by atoms with E-state index in [1.54, 1.807) is 18.1 Å². The van der Waals surface area contributed by atoms with Gasteiger partial charge in [-0.05, 0) is 36.6 Å². The topological polar surface area (TPSA) is 134 Å². The third kappa shape index (κ3) is 6.24. The molecule has 182 valence electrons. The maximum Gasteiger partial charge on any atom is 0.322 e. The Labute approximate surface area is 203 Å². The van der Waals surface area contributed by atoms with Gasteiger partial charge < -0.3 is 31.3 Å². The average molecular weight is 476 g/mol. The van der Waals surface area contributed by atoms with Crippen molar-refractivity contribution in [2.75, 3.05) is 36.2 Å². The van der Waals surface area contributed by atoms with Crippen molar-refractivity contribution in [3.8, 4) is 0 Å². The smallest absolute Gasteiger partial charge is 0.322 e. The highest BCUT2D eigenvalue weighted by atomic mass is 16.5. The Bertz CT molecular complexity index is 1170. The van der Waals surface area contributed by atoms with E-state index in [4.69, 9.17) is 10.5 Å². The third-order valence-corrected chi connectivity index (χ3v) is 5.72. The molecule has 4 rings (SSSR count). The zero-order valence-corrected chi connectivity index (χ0v) is 19.5. The Morgan fingerprint density at radius 3 is 2.71 bits per heavy atom. The Balaban J connectivity index is 1.45. The molecule has 2 heterocycles. The van der Waals surface area contributed by atoms with E-state index >= 15 is 0 Å². The molecule has 2 aromatic carbocycles. The van der Waals surface area contributed by atoms with Crippen LogP contribution in [0.1, 0.15) is 28.8 Å². The highest BCUT2D eigenvalue weighted by molar-refractivity contribution is 5.97. The van der Waals surface area contributed by atoms with Gasteiger partial charge in [-0.15, -0.1) is 0 Å². The van der Waals surface area contributed by atoms with Crippen LogP contribution >= 0.6 is 0 Å². The Kier molecular flexibility index (Phi) is 7.74. The molecule has 3 aromatic rings. The van der Waals surface area contributed by atoms with Crippen LogP contribution in [0.25, 0.3) is 0 Å². The summed E-state index contributed by atoms with van der Waals surface area (Å²) < 4.78 is 5.24. The quantitative estimate of drug-likeness (QED) is 0.372. The van der Waals surface area contributed by atoms with Crippen LogP contribution in [0.15, 0.2) is 60.8 Å². The van der Waals surface area contributed by atoms with Gasteiger partial charge in [0, 0.05) is 37.8 Å². The van der Waals surface area contributed by atoms with Crippen molar-refractivity contribution >= 4 is 35.1 Å². The van der Waals surface area contributed by atoms with E-state index in [2.05, 4.69) is 25.9 Å². The van der Waals surface area contributed by atoms with Crippen LogP contribution in [0.4, 0.5) is 27.9 Å². The summed E-state index contributed by atoms with van der Waals surface area (Å²) in [5, 5.41) is 9.23. The summed E-state index contributed by atoms with van der Waals surface area (Å²) in [6.07, 6.45) is 3.28. The minimum atomic E-state index is -0.620. The summed E-state index contributed by atoms with van der Waals surface area (Å²) in [7, 11) is 1.64. The lowest BCUT2D eigenvalue weighted by molar-refractivity contribution is 0.100. The number of anilines is 4. The van der Waals surface area contributed by atoms with Crippen LogP contribution in [-0.2, 0) is 11.3 Å². The molecule has 1 saturated heterocycles. The molecule has 10 heteroatoms. The van der Waals surface area contributed by atoms with Crippen molar-refractivity contribution in [2.24, 2.45) is 5.73 Å². The van der Waals surface area contributed by atoms with Crippen LogP contribution in [0, 0.1) is 0 Å². The van der Waals surface area contributed by atoms with Crippen molar-refractivity contribution in [3.05, 3.63) is 71.9 Å². The first-order valence-corrected chi connectivity index (χ1v) is 11.4. The summed E-state index contributed by atoms with van der Waals surface area (Å²) >= 11 is 0. The summed E-state index contributed by atoms with van der Waals surface area (Å²) in [4.78, 5) is 35.1. The van der Waals surface area contributed by atoms with Crippen molar-refractivity contribution in [1.82, 2.24) is 14.9 Å². The number of urea groups is 1. The number of carbonyl (C=O) groups is 2. The molecule has 10 nitrogen and oxygen atoms in total. The van der Waals surface area contributed by atoms with Crippen molar-refractivity contribution in [1.29, 1.82) is 0 Å². The average Bonchev–Trinajstić information content (AvgIpc) is 3.32. The summed E-state index contributed by atoms with van der Waals surface area (Å²) in [5.74, 6) is 0.000722. The fraction of sp³-hybridized carbons (Fsp3) is 0.280. The van der Waals surface area contributed by atoms with E-state index in [0.717, 1.165) is 18.4 Å². The number of amides is 3. The molecule has 1 aromatic heterocycles. The molecule has 3 amide bonds. The van der Waals surface area contributed by atoms with E-state index in [1.807, 2.05) is 48.5 Å². The molecule has 0 aliphatic carbocycles. The Morgan fingerprint density at radius 1 is 1.14 bits per heavy atom. The predicted octanol–water partition coefficient (Wildman–Crippen LogP) is 3.57. The summed E-state index contributed by atoms with van der Waals surface area (Å²) in [6.45, 7) is 1.70. The van der Waals surface area contributed by atoms with Gasteiger partial charge in [0.05, 0.1) is 18.2 Å². The normalized spacial score (nSPS) is 15.0. The number of hydrogen-bond donors (Lipinski definition) is 4. The number of likely N-dealkylation sites (tertiary alicyclic amines) is 1. The molecule has 1 fully saturated rings. The minimum absolute atomic E-state index is 0.0836. The van der Waals surface area contributed by atoms with Crippen LogP contribution in [0.2, 0.25) is 0 Å². The first-order chi connectivity index (χ1) is 17.0. The molecule has 0 spiro atoms. The highest BCUT2D eigenvalue weighted by Crippen LogP contribution is 2.23. The largest absolute Gasteiger partial charge is 0.383 e. The first kappa shape index (κ1) is 24.0. The van der Waals surface area contributed by atoms with E-state index in [9.17, 15) is 9.59 Å². The second-order valence-electron chi connectivity index (χ2n) is 8.24. The number of carbonyl (C=O) groups excluding carboxylic acids is 2. The van der Waals surface area contributed by atoms with Gasteiger partial charge in [-0.1, -0.05) is 36.4 Å². The van der Waals surface area contributed by atoms with Gasteiger partial charge in [0.1, 0.15) is 5.82 Å². The van der Waals surface area contributed by atoms with Gasteiger partial charge in [0.2, 0.25) is 5.95 Å². The number of hydrogen-bond acceptors (Lipinski definition) is 7. The number of benzene rings is 2. The monoisotopic (exact) mass is 475 g/mol. The first-order valence-electron chi connectivity index (χ1n) is 11.4. The van der Waals surface area contributed by atoms with E-state index in [-0.39, 0.29) is 23.6 Å². The Hall–Kier alpha value is -4.18. The van der Waals surface area contributed by atoms with Crippen LogP contribution < -0.4 is 21.7 Å². The molecule has 0 unspecified atom stereocenters. The van der Waals surface area contributed by atoms with E-state index < -0.39 is 5.91 Å². The van der Waals surface area contributed by atoms with E-state index in [0.29, 0.717) is 36.9 Å². The molecule has 0 bridgehead atoms. The van der Waals surface area contributed by atoms with Crippen molar-refractivity contribution in [3.63, 3.8) is 0 Å². The van der Waals surface area contributed by atoms with Gasteiger partial charge in [-0.2, -0.15) is 4.98 Å². The molecule has 1 atom stereocenters. The molecule has 35 heavy (non-hydrogen) atoms. The number of nitrogens with two attached hydrogens (primary N) is 1. The predicted molar refractivity (Wildman–Crippen MR) is 135 cm³/mol. The van der Waals surface area contributed by atoms with Gasteiger partial charge in [-0.3, -0.25) is 4.79 Å². The zero-order chi connectivity index (χ0) is 24.6. The number of methoxy groups -OCH3 is 1. The molecular weight excluding hydrogens is 446 g/mol. The zero-order valence-electron chi connectivity index (χ0n) is 19.5. The van der Waals surface area contributed by atoms with Crippen molar-refractivity contribution in [2.45, 2.75) is 25.4 Å². The fourth-order valence-corrected chi connectivity index (χ4v) is 4.01. The lowest BCUT2D eigenvalue weighted by atomic mass is 10.2. The maximum absolute atomic E-state index is 12.8. The maximum atomic E-state index is 12.8. The van der Waals surface area contributed by atoms with Gasteiger partial charge in [0.25, 0.3) is 5.91 Å². The third-order valence-electron chi connectivity index (χ3n) is 5.72. The lowest BCUT2D eigenvalue weighted by Crippen LogP contribution is -2.40. The second-order valence-corrected chi connectivity index (χ2v) is 8.24. The fourth-order valence-electron chi connectivity index (χ4n) is 4.01. The number of aromatic nitrogens is 2. The van der Waals surface area contributed by atoms with E-state index in [1.165, 1.54) is 6.20 Å². The van der Waals surface area contributed by atoms with Crippen LogP contribution in [0.5, 0.6) is 0 Å². The number of ether oxygens (including phenoxy) is 1. The number of nitrogens with zero attached hydrogens (tertiary/aromatic N) is 3. The van der Waals surface area contributed by atoms with Gasteiger partial charge >= 0.3 is 6.03 Å². The lowest BCUT2D eigenvalue weighted by Gasteiger charge is -2.24. The second kappa shape index (κ2) is 11.3. The number of primary amides is 1. The highest BCUT2D eigenvalue weighted by Gasteiger charge is 2.28. The van der Waals surface area contributed by atoms with Gasteiger partial charge in [-0.25, -0.2) is 9.78 Å². The Morgan fingerprint density at radius 2 is 1.94 bits per heavy atom. The molecule has 1 aliphatic rings. The van der Waals surface area contributed by atoms with Crippen LogP contribution in [-0.4, -0.2) is 53.1 Å². The molecule has 0 radical (unpaired) electrons. The van der Waals surface area contributed by atoms with Crippen LogP contribution in [0.3, 0.4) is 0 Å². The SMILES string of the molecule is COC[C@@H]1CCCN1C(=O)Nc1cccc(Nc2ncc(C(N)=O)c(NCc3ccccc3)n2)c1.